The summed E-state index contributed by atoms with van der Waals surface area (Å²) in [6.45, 7) is -0.983. The van der Waals surface area contributed by atoms with Gasteiger partial charge in [-0.2, -0.15) is 26.3 Å². The Morgan fingerprint density at radius 2 is 1.70 bits per heavy atom. The van der Waals surface area contributed by atoms with Gasteiger partial charge in [0, 0.05) is 30.2 Å². The number of aromatic nitrogens is 1. The van der Waals surface area contributed by atoms with E-state index >= 15 is 0 Å². The monoisotopic (exact) mass is 622 g/mol. The van der Waals surface area contributed by atoms with Crippen LogP contribution in [0.3, 0.4) is 0 Å². The Labute approximate surface area is 247 Å². The van der Waals surface area contributed by atoms with Crippen molar-refractivity contribution in [2.45, 2.75) is 25.2 Å². The van der Waals surface area contributed by atoms with E-state index in [-0.39, 0.29) is 12.4 Å². The van der Waals surface area contributed by atoms with Crippen molar-refractivity contribution < 1.29 is 36.2 Å². The van der Waals surface area contributed by atoms with Crippen molar-refractivity contribution in [2.24, 2.45) is 0 Å². The van der Waals surface area contributed by atoms with Crippen molar-refractivity contribution in [2.75, 3.05) is 31.2 Å². The van der Waals surface area contributed by atoms with Crippen molar-refractivity contribution in [3.8, 4) is 0 Å². The fourth-order valence-corrected chi connectivity index (χ4v) is 5.42. The van der Waals surface area contributed by atoms with Crippen LogP contribution in [-0.4, -0.2) is 59.5 Å². The average molecular weight is 623 g/mol. The molecule has 3 heterocycles. The maximum atomic E-state index is 13.9. The second-order valence-electron chi connectivity index (χ2n) is 10.1. The van der Waals surface area contributed by atoms with Gasteiger partial charge in [-0.3, -0.25) is 9.91 Å². The van der Waals surface area contributed by atoms with Crippen LogP contribution in [0, 0.1) is 0 Å². The number of hydrazine groups is 1. The van der Waals surface area contributed by atoms with Gasteiger partial charge in [0.2, 0.25) is 0 Å². The van der Waals surface area contributed by atoms with E-state index in [1.54, 1.807) is 24.3 Å². The van der Waals surface area contributed by atoms with Crippen LogP contribution in [-0.2, 0) is 4.79 Å². The third-order valence-corrected chi connectivity index (χ3v) is 7.42. The Morgan fingerprint density at radius 3 is 2.33 bits per heavy atom. The summed E-state index contributed by atoms with van der Waals surface area (Å²) in [7, 11) is 0. The predicted octanol–water partition coefficient (Wildman–Crippen LogP) is 6.95. The minimum atomic E-state index is -4.94. The SMILES string of the molecule is O=C(O)C1=C(C(F)(F)F)N(c2cccc(C3=CC(Cl)=CCC=C3c3ccc(C4=CCN(CC(F)(F)F)CC4)cc3)n2)NC1. The number of nitrogens with one attached hydrogen (secondary N) is 1. The maximum absolute atomic E-state index is 13.9. The molecule has 1 aromatic carbocycles. The van der Waals surface area contributed by atoms with Gasteiger partial charge >= 0.3 is 18.3 Å². The van der Waals surface area contributed by atoms with Crippen LogP contribution in [0.2, 0.25) is 0 Å². The third-order valence-electron chi connectivity index (χ3n) is 7.16. The number of pyridine rings is 1. The summed E-state index contributed by atoms with van der Waals surface area (Å²) >= 11 is 6.40. The van der Waals surface area contributed by atoms with Gasteiger partial charge in [0.05, 0.1) is 17.8 Å². The van der Waals surface area contributed by atoms with Gasteiger partial charge in [0.25, 0.3) is 0 Å². The summed E-state index contributed by atoms with van der Waals surface area (Å²) in [6.07, 6.45) is -1.09. The van der Waals surface area contributed by atoms with Crippen LogP contribution in [0.25, 0.3) is 16.7 Å². The topological polar surface area (TPSA) is 68.7 Å². The molecule has 0 radical (unpaired) electrons. The van der Waals surface area contributed by atoms with E-state index in [0.717, 1.165) is 22.3 Å². The molecular formula is C30H25ClF6N4O2. The first-order valence-corrected chi connectivity index (χ1v) is 13.6. The Morgan fingerprint density at radius 1 is 0.977 bits per heavy atom. The van der Waals surface area contributed by atoms with Gasteiger partial charge in [-0.1, -0.05) is 60.2 Å². The van der Waals surface area contributed by atoms with Gasteiger partial charge in [0.1, 0.15) is 5.82 Å². The lowest BCUT2D eigenvalue weighted by atomic mass is 9.92. The Balaban J connectivity index is 1.43. The molecule has 3 aliphatic rings. The second-order valence-corrected chi connectivity index (χ2v) is 10.5. The largest absolute Gasteiger partial charge is 0.478 e. The Bertz CT molecular complexity index is 1570. The van der Waals surface area contributed by atoms with Gasteiger partial charge in [-0.05, 0) is 53.3 Å². The highest BCUT2D eigenvalue weighted by Gasteiger charge is 2.46. The lowest BCUT2D eigenvalue weighted by Gasteiger charge is -2.27. The van der Waals surface area contributed by atoms with Gasteiger partial charge in [0.15, 0.2) is 5.70 Å². The molecule has 0 unspecified atom stereocenters. The van der Waals surface area contributed by atoms with Crippen molar-refractivity contribution in [1.29, 1.82) is 0 Å². The zero-order valence-electron chi connectivity index (χ0n) is 22.4. The van der Waals surface area contributed by atoms with Crippen molar-refractivity contribution >= 4 is 40.1 Å². The predicted molar refractivity (Wildman–Crippen MR) is 151 cm³/mol. The lowest BCUT2D eigenvalue weighted by Crippen LogP contribution is -2.37. The molecule has 2 N–H and O–H groups in total. The Hall–Kier alpha value is -3.87. The number of alkyl halides is 6. The number of nitrogens with zero attached hydrogens (tertiary/aromatic N) is 3. The molecule has 0 fully saturated rings. The number of hydrogen-bond acceptors (Lipinski definition) is 5. The van der Waals surface area contributed by atoms with Crippen molar-refractivity contribution in [3.63, 3.8) is 0 Å². The first-order valence-electron chi connectivity index (χ1n) is 13.2. The van der Waals surface area contributed by atoms with E-state index in [2.05, 4.69) is 10.4 Å². The van der Waals surface area contributed by atoms with Crippen LogP contribution in [0.5, 0.6) is 0 Å². The molecular weight excluding hydrogens is 598 g/mol. The molecule has 13 heteroatoms. The normalized spacial score (nSPS) is 18.6. The molecule has 2 aliphatic heterocycles. The molecule has 226 valence electrons. The molecule has 1 aromatic heterocycles. The van der Waals surface area contributed by atoms with Gasteiger partial charge in [-0.15, -0.1) is 0 Å². The molecule has 0 spiro atoms. The van der Waals surface area contributed by atoms with E-state index in [9.17, 15) is 36.2 Å². The van der Waals surface area contributed by atoms with Crippen LogP contribution >= 0.6 is 11.6 Å². The summed E-state index contributed by atoms with van der Waals surface area (Å²) in [6, 6.07) is 12.0. The Kier molecular flexibility index (Phi) is 8.55. The summed E-state index contributed by atoms with van der Waals surface area (Å²) in [5.74, 6) is -1.83. The second kappa shape index (κ2) is 12.0. The first-order chi connectivity index (χ1) is 20.3. The van der Waals surface area contributed by atoms with Gasteiger partial charge in [-0.25, -0.2) is 15.2 Å². The van der Waals surface area contributed by atoms with Crippen molar-refractivity contribution in [1.82, 2.24) is 15.3 Å². The third kappa shape index (κ3) is 7.03. The number of carboxylic acids is 1. The quantitative estimate of drug-likeness (QED) is 0.340. The van der Waals surface area contributed by atoms with Crippen LogP contribution < -0.4 is 10.4 Å². The average Bonchev–Trinajstić information content (AvgIpc) is 3.32. The minimum absolute atomic E-state index is 0.148. The zero-order chi connectivity index (χ0) is 30.9. The molecule has 43 heavy (non-hydrogen) atoms. The number of anilines is 1. The number of rotatable bonds is 6. The number of aliphatic carboxylic acids is 1. The van der Waals surface area contributed by atoms with E-state index in [4.69, 9.17) is 11.6 Å². The number of hydrogen-bond donors (Lipinski definition) is 2. The summed E-state index contributed by atoms with van der Waals surface area (Å²) in [5.41, 5.74) is 4.49. The molecule has 1 aliphatic carbocycles. The van der Waals surface area contributed by atoms with Crippen molar-refractivity contribution in [3.05, 3.63) is 99.9 Å². The highest BCUT2D eigenvalue weighted by atomic mass is 35.5. The highest BCUT2D eigenvalue weighted by molar-refractivity contribution is 6.32. The van der Waals surface area contributed by atoms with E-state index in [1.165, 1.54) is 17.0 Å². The fourth-order valence-electron chi connectivity index (χ4n) is 5.22. The summed E-state index contributed by atoms with van der Waals surface area (Å²) in [5, 5.41) is 10.4. The standard InChI is InChI=1S/C30H25ClF6N4O2/c31-21-3-1-4-22(20-9-7-18(8-10-20)19-11-13-40(14-12-19)17-29(32,33)34)23(15-21)25-5-2-6-26(39-25)41-27(30(35,36)37)24(16-38-41)28(42)43/h2-11,15,38H,1,12-14,16-17H2,(H,42,43). The minimum Gasteiger partial charge on any atom is -0.478 e. The number of halogens is 7. The highest BCUT2D eigenvalue weighted by Crippen LogP contribution is 2.39. The van der Waals surface area contributed by atoms with Crippen LogP contribution in [0.1, 0.15) is 29.7 Å². The molecule has 0 bridgehead atoms. The first kappa shape index (κ1) is 30.6. The fraction of sp³-hybridized carbons (Fsp3) is 0.267. The molecule has 0 saturated heterocycles. The molecule has 2 aromatic rings. The summed E-state index contributed by atoms with van der Waals surface area (Å²) in [4.78, 5) is 17.3. The van der Waals surface area contributed by atoms with E-state index < -0.39 is 42.7 Å². The molecule has 0 amide bonds. The molecule has 0 atom stereocenters. The number of carbonyl (C=O) groups is 1. The zero-order valence-corrected chi connectivity index (χ0v) is 23.2. The molecule has 5 rings (SSSR count). The van der Waals surface area contributed by atoms with E-state index in [1.807, 2.05) is 30.3 Å². The molecule has 0 saturated carbocycles. The van der Waals surface area contributed by atoms with Crippen LogP contribution in [0.4, 0.5) is 32.2 Å². The summed E-state index contributed by atoms with van der Waals surface area (Å²) < 4.78 is 79.8. The van der Waals surface area contributed by atoms with E-state index in [0.29, 0.717) is 40.7 Å². The van der Waals surface area contributed by atoms with Crippen LogP contribution in [0.15, 0.2) is 83.1 Å². The molecule has 6 nitrogen and oxygen atoms in total. The maximum Gasteiger partial charge on any atom is 0.433 e. The smallest absolute Gasteiger partial charge is 0.433 e. The lowest BCUT2D eigenvalue weighted by molar-refractivity contribution is -0.144. The van der Waals surface area contributed by atoms with Gasteiger partial charge < -0.3 is 5.11 Å². The number of carboxylic acid groups (broad SMARTS) is 1. The number of benzene rings is 1. The number of allylic oxidation sites excluding steroid dienone is 7.